The number of rotatable bonds is 13. The maximum Gasteiger partial charge on any atom is 0.130 e. The minimum absolute atomic E-state index is 0.167. The summed E-state index contributed by atoms with van der Waals surface area (Å²) in [6, 6.07) is 70.2. The molecule has 2 unspecified atom stereocenters. The predicted molar refractivity (Wildman–Crippen MR) is 309 cm³/mol. The maximum absolute atomic E-state index is 17.1. The van der Waals surface area contributed by atoms with Crippen molar-refractivity contribution in [3.63, 3.8) is 0 Å². The molecule has 0 saturated carbocycles. The van der Waals surface area contributed by atoms with Crippen LogP contribution in [0.3, 0.4) is 0 Å². The monoisotopic (exact) mass is 1050 g/mol. The highest BCUT2D eigenvalue weighted by Gasteiger charge is 2.51. The van der Waals surface area contributed by atoms with E-state index in [0.717, 1.165) is 33.4 Å². The lowest BCUT2D eigenvalue weighted by Gasteiger charge is -2.36. The molecule has 0 fully saturated rings. The van der Waals surface area contributed by atoms with Gasteiger partial charge in [-0.3, -0.25) is 0 Å². The van der Waals surface area contributed by atoms with Crippen LogP contribution >= 0.6 is 0 Å². The van der Waals surface area contributed by atoms with Crippen molar-refractivity contribution >= 4 is 29.2 Å². The van der Waals surface area contributed by atoms with Crippen LogP contribution in [0.15, 0.2) is 256 Å². The summed E-state index contributed by atoms with van der Waals surface area (Å²) >= 11 is 0. The van der Waals surface area contributed by atoms with Crippen molar-refractivity contribution in [3.8, 4) is 45.3 Å². The first-order valence-corrected chi connectivity index (χ1v) is 26.1. The second-order valence-electron chi connectivity index (χ2n) is 19.9. The van der Waals surface area contributed by atoms with Crippen LogP contribution in [0.2, 0.25) is 0 Å². The van der Waals surface area contributed by atoms with Gasteiger partial charge < -0.3 is 14.4 Å². The molecule has 13 rings (SSSR count). The van der Waals surface area contributed by atoms with Crippen LogP contribution in [0.25, 0.3) is 34.4 Å². The van der Waals surface area contributed by atoms with E-state index in [2.05, 4.69) is 13.2 Å². The molecule has 2 aliphatic carbocycles. The van der Waals surface area contributed by atoms with Gasteiger partial charge in [0.2, 0.25) is 0 Å². The molecule has 0 saturated heterocycles. The Labute approximate surface area is 460 Å². The van der Waals surface area contributed by atoms with Gasteiger partial charge in [0, 0.05) is 28.2 Å². The van der Waals surface area contributed by atoms with E-state index in [-0.39, 0.29) is 11.1 Å². The fourth-order valence-corrected chi connectivity index (χ4v) is 12.2. The van der Waals surface area contributed by atoms with Crippen molar-refractivity contribution in [2.24, 2.45) is 0 Å². The summed E-state index contributed by atoms with van der Waals surface area (Å²) in [5.74, 6) is -1.22. The molecule has 80 heavy (non-hydrogen) atoms. The molecule has 11 aromatic carbocycles. The van der Waals surface area contributed by atoms with E-state index in [0.29, 0.717) is 73.4 Å². The summed E-state index contributed by atoms with van der Waals surface area (Å²) in [6.07, 6.45) is 3.49. The van der Waals surface area contributed by atoms with Crippen molar-refractivity contribution in [2.45, 2.75) is 10.8 Å². The van der Waals surface area contributed by atoms with Crippen LogP contribution in [0.1, 0.15) is 55.6 Å². The molecule has 8 heteroatoms. The summed E-state index contributed by atoms with van der Waals surface area (Å²) in [7, 11) is 0. The van der Waals surface area contributed by atoms with Gasteiger partial charge in [0.15, 0.2) is 0 Å². The van der Waals surface area contributed by atoms with Crippen LogP contribution in [-0.2, 0) is 10.8 Å². The van der Waals surface area contributed by atoms with Crippen LogP contribution in [0.5, 0.6) is 23.0 Å². The van der Waals surface area contributed by atoms with Crippen molar-refractivity contribution in [1.29, 1.82) is 0 Å². The van der Waals surface area contributed by atoms with Gasteiger partial charge in [-0.2, -0.15) is 0 Å². The second-order valence-corrected chi connectivity index (χ2v) is 19.9. The second kappa shape index (κ2) is 19.8. The Kier molecular flexibility index (Phi) is 12.2. The van der Waals surface area contributed by atoms with Crippen LogP contribution in [0, 0.1) is 29.1 Å². The normalized spacial score (nSPS) is 15.5. The topological polar surface area (TPSA) is 21.7 Å². The smallest absolute Gasteiger partial charge is 0.130 e. The third kappa shape index (κ3) is 7.93. The first-order chi connectivity index (χ1) is 39.1. The van der Waals surface area contributed by atoms with Crippen LogP contribution in [0.4, 0.5) is 39.0 Å². The van der Waals surface area contributed by atoms with Gasteiger partial charge in [-0.15, -0.1) is 0 Å². The van der Waals surface area contributed by atoms with Crippen LogP contribution < -0.4 is 14.4 Å². The zero-order valence-corrected chi connectivity index (χ0v) is 42.8. The number of hydrogen-bond donors (Lipinski definition) is 0. The van der Waals surface area contributed by atoms with Crippen molar-refractivity contribution in [2.75, 3.05) is 4.90 Å². The molecule has 386 valence electrons. The first kappa shape index (κ1) is 49.5. The summed E-state index contributed by atoms with van der Waals surface area (Å²) in [5.41, 5.74) is 6.69. The predicted octanol–water partition coefficient (Wildman–Crippen LogP) is 19.4. The highest BCUT2D eigenvalue weighted by molar-refractivity contribution is 5.92. The lowest BCUT2D eigenvalue weighted by molar-refractivity contribution is 0.481. The zero-order valence-electron chi connectivity index (χ0n) is 42.8. The van der Waals surface area contributed by atoms with Gasteiger partial charge in [-0.05, 0) is 188 Å². The Morgan fingerprint density at radius 1 is 0.325 bits per heavy atom. The Hall–Kier alpha value is -10.1. The third-order valence-electron chi connectivity index (χ3n) is 15.6. The molecule has 11 aromatic rings. The molecule has 0 bridgehead atoms. The molecule has 0 heterocycles. The van der Waals surface area contributed by atoms with Crippen LogP contribution in [-0.4, -0.2) is 0 Å². The molecular formula is C72H46F5NO2. The molecule has 0 spiro atoms. The van der Waals surface area contributed by atoms with Gasteiger partial charge in [0.25, 0.3) is 0 Å². The Bertz CT molecular complexity index is 3920. The number of halogens is 5. The molecule has 0 radical (unpaired) electrons. The van der Waals surface area contributed by atoms with E-state index in [9.17, 15) is 0 Å². The standard InChI is InChI=1S/C72H46F5NO2/c1-3-45-19-33-53(34-20-45)79-55-37-23-47(24-38-55)71(69-65(74)15-9-16-66(69)75)61-13-7-5-11-57(61)59-41-31-51(43-63(59)71)78(50-29-27-49(73)28-30-50)52-32-42-60-58-12-6-8-14-62(58)72(64(60)44-52,70-67(76)17-10-18-68(70)77)48-25-39-56(40-26-48)80-54-35-21-46(4-2)22-36-54/h3-44H,1-2H2. The molecule has 0 amide bonds. The fourth-order valence-electron chi connectivity index (χ4n) is 12.2. The fraction of sp³-hybridized carbons (Fsp3) is 0.0278. The number of fused-ring (bicyclic) bond motifs is 6. The van der Waals surface area contributed by atoms with E-state index in [1.165, 1.54) is 48.5 Å². The number of nitrogens with zero attached hydrogens (tertiary/aromatic N) is 1. The molecule has 3 nitrogen and oxygen atoms in total. The van der Waals surface area contributed by atoms with Gasteiger partial charge in [0.05, 0.1) is 10.8 Å². The average Bonchev–Trinajstić information content (AvgIpc) is 4.09. The Morgan fingerprint density at radius 2 is 0.662 bits per heavy atom. The van der Waals surface area contributed by atoms with E-state index in [1.54, 1.807) is 48.6 Å². The van der Waals surface area contributed by atoms with Gasteiger partial charge in [0.1, 0.15) is 52.1 Å². The highest BCUT2D eigenvalue weighted by Crippen LogP contribution is 2.61. The lowest BCUT2D eigenvalue weighted by Crippen LogP contribution is -2.31. The minimum Gasteiger partial charge on any atom is -0.457 e. The minimum atomic E-state index is -1.57. The maximum atomic E-state index is 17.1. The highest BCUT2D eigenvalue weighted by atomic mass is 19.1. The molecule has 0 N–H and O–H groups in total. The molecule has 2 atom stereocenters. The summed E-state index contributed by atoms with van der Waals surface area (Å²) in [6.45, 7) is 7.69. The summed E-state index contributed by atoms with van der Waals surface area (Å²) < 4.78 is 96.0. The lowest BCUT2D eigenvalue weighted by atomic mass is 9.67. The molecule has 0 aromatic heterocycles. The number of benzene rings is 11. The van der Waals surface area contributed by atoms with E-state index in [1.807, 2.05) is 163 Å². The third-order valence-corrected chi connectivity index (χ3v) is 15.6. The summed E-state index contributed by atoms with van der Waals surface area (Å²) in [5, 5.41) is 0. The Balaban J connectivity index is 1.02. The van der Waals surface area contributed by atoms with Gasteiger partial charge in [-0.1, -0.05) is 147 Å². The van der Waals surface area contributed by atoms with Gasteiger partial charge in [-0.25, -0.2) is 22.0 Å². The Morgan fingerprint density at radius 3 is 1.04 bits per heavy atom. The number of anilines is 3. The zero-order chi connectivity index (χ0) is 54.7. The SMILES string of the molecule is C=Cc1ccc(Oc2ccc(C3(c4c(F)cccc4F)c4ccccc4-c4ccc(N(c5ccc(F)cc5)c5ccc6c(c5)C(c5ccc(Oc7ccc(C=C)cc7)cc5)(c5c(F)cccc5F)c5ccccc5-6)cc43)cc2)cc1. The van der Waals surface area contributed by atoms with E-state index in [4.69, 9.17) is 9.47 Å². The first-order valence-electron chi connectivity index (χ1n) is 26.1. The number of ether oxygens (including phenoxy) is 2. The van der Waals surface area contributed by atoms with E-state index < -0.39 is 39.9 Å². The average molecular weight is 1050 g/mol. The number of hydrogen-bond acceptors (Lipinski definition) is 3. The summed E-state index contributed by atoms with van der Waals surface area (Å²) in [4.78, 5) is 1.93. The van der Waals surface area contributed by atoms with Crippen molar-refractivity contribution < 1.29 is 31.4 Å². The van der Waals surface area contributed by atoms with Gasteiger partial charge >= 0.3 is 0 Å². The molecule has 0 aliphatic heterocycles. The van der Waals surface area contributed by atoms with E-state index >= 15 is 22.0 Å². The molecule has 2 aliphatic rings. The van der Waals surface area contributed by atoms with Crippen molar-refractivity contribution in [3.05, 3.63) is 341 Å². The largest absolute Gasteiger partial charge is 0.457 e. The van der Waals surface area contributed by atoms with Crippen molar-refractivity contribution in [1.82, 2.24) is 0 Å². The quantitative estimate of drug-likeness (QED) is 0.107. The molecular weight excluding hydrogens is 1010 g/mol.